The topological polar surface area (TPSA) is 82.1 Å². The maximum absolute atomic E-state index is 13.1. The van der Waals surface area contributed by atoms with Gasteiger partial charge in [-0.3, -0.25) is 4.79 Å². The first kappa shape index (κ1) is 36.0. The highest BCUT2D eigenvalue weighted by Crippen LogP contribution is 2.49. The largest absolute Gasteiger partial charge is 0.647 e. The zero-order valence-corrected chi connectivity index (χ0v) is 26.8. The lowest BCUT2D eigenvalue weighted by molar-refractivity contribution is -0.137. The molecule has 236 valence electrons. The second kappa shape index (κ2) is 23.2. The van der Waals surface area contributed by atoms with E-state index in [0.717, 1.165) is 12.8 Å². The fourth-order valence-electron chi connectivity index (χ4n) is 4.53. The quantitative estimate of drug-likeness (QED) is 0.0900. The van der Waals surface area contributed by atoms with Gasteiger partial charge in [0.25, 0.3) is 0 Å². The summed E-state index contributed by atoms with van der Waals surface area (Å²) in [7, 11) is -3.89. The number of hydrogen-bond acceptors (Lipinski definition) is 5. The number of phosphoric ester groups is 1. The van der Waals surface area contributed by atoms with Crippen molar-refractivity contribution in [3.8, 4) is 17.2 Å². The first-order chi connectivity index (χ1) is 21.0. The summed E-state index contributed by atoms with van der Waals surface area (Å²) in [5.74, 6) is 0.563. The second-order valence-electron chi connectivity index (χ2n) is 10.8. The lowest BCUT2D eigenvalue weighted by atomic mass is 10.0. The number of carboxylic acid groups (broad SMARTS) is 1. The molecule has 0 aromatic heterocycles. The molecule has 7 heteroatoms. The van der Waals surface area contributed by atoms with E-state index in [-0.39, 0.29) is 0 Å². The molecule has 0 bridgehead atoms. The van der Waals surface area contributed by atoms with Gasteiger partial charge in [0.1, 0.15) is 17.2 Å². The van der Waals surface area contributed by atoms with E-state index in [4.69, 9.17) is 18.7 Å². The van der Waals surface area contributed by atoms with Crippen molar-refractivity contribution < 1.29 is 28.0 Å². The first-order valence-corrected chi connectivity index (χ1v) is 17.5. The third-order valence-corrected chi connectivity index (χ3v) is 8.18. The fraction of sp³-hybridized carbons (Fsp3) is 0.472. The number of phosphoric acid groups is 1. The smallest absolute Gasteiger partial charge is 0.481 e. The number of carbonyl (C=O) groups is 1. The molecular weight excluding hydrogens is 559 g/mol. The van der Waals surface area contributed by atoms with Crippen LogP contribution in [0.3, 0.4) is 0 Å². The molecule has 43 heavy (non-hydrogen) atoms. The highest BCUT2D eigenvalue weighted by atomic mass is 31.2. The highest BCUT2D eigenvalue weighted by molar-refractivity contribution is 7.49. The Kier molecular flexibility index (Phi) is 19.4. The minimum atomic E-state index is -3.89. The Morgan fingerprint density at radius 3 is 1.07 bits per heavy atom. The Bertz CT molecular complexity index is 1020. The molecule has 0 amide bonds. The molecule has 0 fully saturated rings. The molecule has 0 aliphatic carbocycles. The number of unbranched alkanes of at least 4 members (excludes halogenated alkanes) is 14. The lowest BCUT2D eigenvalue weighted by Gasteiger charge is -2.19. The summed E-state index contributed by atoms with van der Waals surface area (Å²) in [5.41, 5.74) is 0. The molecular formula is C36H51O6P. The Balaban J connectivity index is 0.000000304. The Morgan fingerprint density at radius 2 is 0.791 bits per heavy atom. The standard InChI is InChI=1S/C18H15O4P.C18H36O2/c19-23(20-16-10-4-1-5-11-16,21-17-12-6-2-7-13-17)22-18-14-8-3-9-15-18;1-2-3-4-5-6-7-8-9-10-11-12-13-14-15-16-17-18(19)20/h1-15H;2-17H2,1H3,(H,19,20). The molecule has 3 rings (SSSR count). The van der Waals surface area contributed by atoms with Crippen LogP contribution in [0.5, 0.6) is 17.2 Å². The Morgan fingerprint density at radius 1 is 0.512 bits per heavy atom. The van der Waals surface area contributed by atoms with Gasteiger partial charge in [-0.15, -0.1) is 0 Å². The normalized spacial score (nSPS) is 10.8. The molecule has 0 spiro atoms. The van der Waals surface area contributed by atoms with Crippen LogP contribution in [0.25, 0.3) is 0 Å². The fourth-order valence-corrected chi connectivity index (χ4v) is 5.79. The molecule has 0 heterocycles. The molecule has 1 N–H and O–H groups in total. The number of carboxylic acids is 1. The number of rotatable bonds is 22. The van der Waals surface area contributed by atoms with E-state index in [9.17, 15) is 9.36 Å². The first-order valence-electron chi connectivity index (χ1n) is 16.1. The van der Waals surface area contributed by atoms with Crippen LogP contribution in [0.4, 0.5) is 0 Å². The zero-order chi connectivity index (χ0) is 30.9. The van der Waals surface area contributed by atoms with E-state index in [1.54, 1.807) is 72.8 Å². The average molecular weight is 611 g/mol. The highest BCUT2D eigenvalue weighted by Gasteiger charge is 2.33. The van der Waals surface area contributed by atoms with Gasteiger partial charge in [-0.25, -0.2) is 0 Å². The predicted molar refractivity (Wildman–Crippen MR) is 176 cm³/mol. The second-order valence-corrected chi connectivity index (χ2v) is 12.2. The van der Waals surface area contributed by atoms with Crippen LogP contribution in [0, 0.1) is 0 Å². The predicted octanol–water partition coefficient (Wildman–Crippen LogP) is 11.7. The van der Waals surface area contributed by atoms with Gasteiger partial charge in [-0.2, -0.15) is 4.57 Å². The van der Waals surface area contributed by atoms with Crippen molar-refractivity contribution >= 4 is 13.8 Å². The maximum Gasteiger partial charge on any atom is 0.647 e. The summed E-state index contributed by atoms with van der Waals surface area (Å²) >= 11 is 0. The van der Waals surface area contributed by atoms with Gasteiger partial charge in [0.05, 0.1) is 0 Å². The molecule has 0 aliphatic heterocycles. The van der Waals surface area contributed by atoms with Gasteiger partial charge in [0, 0.05) is 6.42 Å². The van der Waals surface area contributed by atoms with Crippen LogP contribution >= 0.6 is 7.82 Å². The summed E-state index contributed by atoms with van der Waals surface area (Å²) in [4.78, 5) is 10.3. The molecule has 3 aromatic rings. The van der Waals surface area contributed by atoms with Crippen molar-refractivity contribution in [2.45, 2.75) is 110 Å². The van der Waals surface area contributed by atoms with E-state index >= 15 is 0 Å². The zero-order valence-electron chi connectivity index (χ0n) is 25.9. The summed E-state index contributed by atoms with van der Waals surface area (Å²) < 4.78 is 29.6. The van der Waals surface area contributed by atoms with Crippen LogP contribution in [0.15, 0.2) is 91.0 Å². The van der Waals surface area contributed by atoms with Crippen LogP contribution in [-0.2, 0) is 9.36 Å². The third-order valence-electron chi connectivity index (χ3n) is 6.88. The van der Waals surface area contributed by atoms with Crippen molar-refractivity contribution in [3.63, 3.8) is 0 Å². The summed E-state index contributed by atoms with van der Waals surface area (Å²) in [6, 6.07) is 26.4. The van der Waals surface area contributed by atoms with Gasteiger partial charge >= 0.3 is 13.8 Å². The Labute approximate surface area is 259 Å². The van der Waals surface area contributed by atoms with Crippen LogP contribution in [0.1, 0.15) is 110 Å². The number of aliphatic carboxylic acids is 1. The van der Waals surface area contributed by atoms with Gasteiger partial charge in [-0.1, -0.05) is 151 Å². The minimum absolute atomic E-state index is 0.345. The lowest BCUT2D eigenvalue weighted by Crippen LogP contribution is -2.07. The van der Waals surface area contributed by atoms with Crippen LogP contribution in [-0.4, -0.2) is 11.1 Å². The maximum atomic E-state index is 13.1. The van der Waals surface area contributed by atoms with Crippen molar-refractivity contribution in [3.05, 3.63) is 91.0 Å². The van der Waals surface area contributed by atoms with Gasteiger partial charge in [0.15, 0.2) is 0 Å². The summed E-state index contributed by atoms with van der Waals surface area (Å²) in [6.07, 6.45) is 20.2. The number of para-hydroxylation sites is 3. The van der Waals surface area contributed by atoms with E-state index in [2.05, 4.69) is 6.92 Å². The van der Waals surface area contributed by atoms with Gasteiger partial charge < -0.3 is 18.7 Å². The number of hydrogen-bond donors (Lipinski definition) is 1. The minimum Gasteiger partial charge on any atom is -0.481 e. The van der Waals surface area contributed by atoms with Gasteiger partial charge in [0.2, 0.25) is 0 Å². The molecule has 0 radical (unpaired) electrons. The number of benzene rings is 3. The summed E-state index contributed by atoms with van der Waals surface area (Å²) in [5, 5.41) is 8.52. The average Bonchev–Trinajstić information content (AvgIpc) is 3.00. The molecule has 0 aliphatic rings. The molecule has 0 unspecified atom stereocenters. The summed E-state index contributed by atoms with van der Waals surface area (Å²) in [6.45, 7) is 2.27. The van der Waals surface area contributed by atoms with E-state index in [0.29, 0.717) is 23.7 Å². The van der Waals surface area contributed by atoms with E-state index < -0.39 is 13.8 Å². The van der Waals surface area contributed by atoms with Gasteiger partial charge in [-0.05, 0) is 42.8 Å². The molecule has 0 atom stereocenters. The molecule has 3 aromatic carbocycles. The van der Waals surface area contributed by atoms with Crippen molar-refractivity contribution in [1.29, 1.82) is 0 Å². The third kappa shape index (κ3) is 18.8. The Hall–Kier alpha value is -3.24. The van der Waals surface area contributed by atoms with E-state index in [1.807, 2.05) is 18.2 Å². The van der Waals surface area contributed by atoms with Crippen LogP contribution in [0.2, 0.25) is 0 Å². The van der Waals surface area contributed by atoms with Crippen LogP contribution < -0.4 is 13.6 Å². The molecule has 0 saturated carbocycles. The molecule has 6 nitrogen and oxygen atoms in total. The monoisotopic (exact) mass is 610 g/mol. The van der Waals surface area contributed by atoms with Crippen molar-refractivity contribution in [2.24, 2.45) is 0 Å². The SMILES string of the molecule is CCCCCCCCCCCCCCCCCC(=O)O.O=P(Oc1ccccc1)(Oc1ccccc1)Oc1ccccc1. The van der Waals surface area contributed by atoms with Crippen molar-refractivity contribution in [1.82, 2.24) is 0 Å². The molecule has 0 saturated heterocycles. The van der Waals surface area contributed by atoms with E-state index in [1.165, 1.54) is 83.5 Å². The van der Waals surface area contributed by atoms with Crippen molar-refractivity contribution in [2.75, 3.05) is 0 Å².